The third-order valence-corrected chi connectivity index (χ3v) is 5.68. The number of pyridine rings is 1. The van der Waals surface area contributed by atoms with Crippen LogP contribution in [0, 0.1) is 0 Å². The smallest absolute Gasteiger partial charge is 0.251 e. The van der Waals surface area contributed by atoms with Gasteiger partial charge < -0.3 is 5.32 Å². The number of amides is 1. The summed E-state index contributed by atoms with van der Waals surface area (Å²) in [7, 11) is 0. The maximum absolute atomic E-state index is 12.5. The minimum Gasteiger partial charge on any atom is -0.352 e. The number of carbonyl (C=O) groups excluding carboxylic acids is 1. The van der Waals surface area contributed by atoms with Gasteiger partial charge in [0.15, 0.2) is 0 Å². The lowest BCUT2D eigenvalue weighted by atomic mass is 10.1. The Hall–Kier alpha value is -2.92. The van der Waals surface area contributed by atoms with Crippen molar-refractivity contribution in [2.24, 2.45) is 4.99 Å². The lowest BCUT2D eigenvalue weighted by Gasteiger charge is -2.08. The van der Waals surface area contributed by atoms with Crippen molar-refractivity contribution in [2.75, 3.05) is 6.54 Å². The van der Waals surface area contributed by atoms with E-state index in [1.54, 1.807) is 18.0 Å². The molecule has 4 rings (SSSR count). The Morgan fingerprint density at radius 2 is 1.89 bits per heavy atom. The van der Waals surface area contributed by atoms with Gasteiger partial charge >= 0.3 is 0 Å². The number of nitrogens with zero attached hydrogens (tertiary/aromatic N) is 2. The number of benzene rings is 2. The Balaban J connectivity index is 1.78. The van der Waals surface area contributed by atoms with Crippen LogP contribution < -0.4 is 5.32 Å². The van der Waals surface area contributed by atoms with E-state index in [0.717, 1.165) is 45.3 Å². The van der Waals surface area contributed by atoms with Crippen LogP contribution in [0.1, 0.15) is 41.4 Å². The minimum atomic E-state index is -0.0578. The van der Waals surface area contributed by atoms with Crippen molar-refractivity contribution in [3.8, 4) is 0 Å². The third-order valence-electron chi connectivity index (χ3n) is 4.54. The molecule has 1 N–H and O–H groups in total. The topological polar surface area (TPSA) is 54.4 Å². The van der Waals surface area contributed by atoms with E-state index in [9.17, 15) is 4.79 Å². The van der Waals surface area contributed by atoms with Crippen molar-refractivity contribution in [1.82, 2.24) is 10.3 Å². The van der Waals surface area contributed by atoms with Gasteiger partial charge in [-0.15, -0.1) is 0 Å². The van der Waals surface area contributed by atoms with Crippen molar-refractivity contribution in [2.45, 2.75) is 29.6 Å². The molecule has 3 aromatic rings. The van der Waals surface area contributed by atoms with Gasteiger partial charge in [0.25, 0.3) is 5.91 Å². The second kappa shape index (κ2) is 8.40. The Morgan fingerprint density at radius 1 is 1.04 bits per heavy atom. The second-order valence-electron chi connectivity index (χ2n) is 6.57. The molecular weight excluding hydrogens is 366 g/mol. The highest BCUT2D eigenvalue weighted by molar-refractivity contribution is 7.99. The number of hydrogen-bond acceptors (Lipinski definition) is 4. The van der Waals surface area contributed by atoms with Crippen LogP contribution in [0.2, 0.25) is 0 Å². The molecule has 0 bridgehead atoms. The molecular formula is C23H21N3OS. The van der Waals surface area contributed by atoms with E-state index in [4.69, 9.17) is 4.99 Å². The SMILES string of the molecule is CCCCNC(=O)c1ccc2c(c1)N=C(c1ccccn1)c1ccccc1S2. The van der Waals surface area contributed by atoms with Gasteiger partial charge in [0.1, 0.15) is 0 Å². The molecule has 0 fully saturated rings. The van der Waals surface area contributed by atoms with E-state index in [1.165, 1.54) is 0 Å². The van der Waals surface area contributed by atoms with Gasteiger partial charge in [-0.25, -0.2) is 4.99 Å². The molecule has 2 heterocycles. The van der Waals surface area contributed by atoms with Gasteiger partial charge in [0.2, 0.25) is 0 Å². The Kier molecular flexibility index (Phi) is 5.53. The standard InChI is InChI=1S/C23H21N3OS/c1-2-3-13-25-23(27)16-11-12-21-19(15-16)26-22(18-9-6-7-14-24-18)17-8-4-5-10-20(17)28-21/h4-12,14-15H,2-3,13H2,1H3,(H,25,27). The maximum Gasteiger partial charge on any atom is 0.251 e. The number of unbranched alkanes of at least 4 members (excludes halogenated alkanes) is 1. The van der Waals surface area contributed by atoms with E-state index < -0.39 is 0 Å². The number of fused-ring (bicyclic) bond motifs is 2. The highest BCUT2D eigenvalue weighted by Gasteiger charge is 2.20. The normalized spacial score (nSPS) is 12.4. The minimum absolute atomic E-state index is 0.0578. The molecule has 4 nitrogen and oxygen atoms in total. The molecule has 1 aromatic heterocycles. The van der Waals surface area contributed by atoms with Crippen LogP contribution in [-0.2, 0) is 0 Å². The highest BCUT2D eigenvalue weighted by Crippen LogP contribution is 2.41. The van der Waals surface area contributed by atoms with Gasteiger partial charge in [-0.1, -0.05) is 49.4 Å². The predicted molar refractivity (Wildman–Crippen MR) is 114 cm³/mol. The summed E-state index contributed by atoms with van der Waals surface area (Å²) in [4.78, 5) is 24.1. The first kappa shape index (κ1) is 18.4. The van der Waals surface area contributed by atoms with Crippen molar-refractivity contribution in [3.05, 3.63) is 83.7 Å². The summed E-state index contributed by atoms with van der Waals surface area (Å²) in [6.45, 7) is 2.80. The van der Waals surface area contributed by atoms with E-state index in [1.807, 2.05) is 48.5 Å². The summed E-state index contributed by atoms with van der Waals surface area (Å²) >= 11 is 1.67. The zero-order valence-electron chi connectivity index (χ0n) is 15.7. The quantitative estimate of drug-likeness (QED) is 0.476. The van der Waals surface area contributed by atoms with Crippen LogP contribution >= 0.6 is 11.8 Å². The fourth-order valence-corrected chi connectivity index (χ4v) is 4.06. The monoisotopic (exact) mass is 387 g/mol. The highest BCUT2D eigenvalue weighted by atomic mass is 32.2. The van der Waals surface area contributed by atoms with Gasteiger partial charge in [0.05, 0.1) is 17.1 Å². The van der Waals surface area contributed by atoms with Gasteiger partial charge in [-0.3, -0.25) is 9.78 Å². The predicted octanol–water partition coefficient (Wildman–Crippen LogP) is 5.25. The molecule has 0 aliphatic carbocycles. The van der Waals surface area contributed by atoms with Crippen LogP contribution in [0.3, 0.4) is 0 Å². The molecule has 0 saturated carbocycles. The molecule has 0 radical (unpaired) electrons. The summed E-state index contributed by atoms with van der Waals surface area (Å²) in [5, 5.41) is 2.98. The molecule has 0 atom stereocenters. The largest absolute Gasteiger partial charge is 0.352 e. The number of aliphatic imine (C=N–C) groups is 1. The third kappa shape index (κ3) is 3.85. The van der Waals surface area contributed by atoms with Crippen molar-refractivity contribution < 1.29 is 4.79 Å². The zero-order valence-corrected chi connectivity index (χ0v) is 16.5. The summed E-state index contributed by atoms with van der Waals surface area (Å²) in [6, 6.07) is 19.8. The maximum atomic E-state index is 12.5. The van der Waals surface area contributed by atoms with Crippen LogP contribution in [-0.4, -0.2) is 23.1 Å². The van der Waals surface area contributed by atoms with Crippen LogP contribution in [0.15, 0.2) is 81.6 Å². The molecule has 0 unspecified atom stereocenters. The first-order chi connectivity index (χ1) is 13.8. The van der Waals surface area contributed by atoms with Gasteiger partial charge in [-0.05, 0) is 42.8 Å². The number of hydrogen-bond donors (Lipinski definition) is 1. The average molecular weight is 388 g/mol. The molecule has 28 heavy (non-hydrogen) atoms. The van der Waals surface area contributed by atoms with E-state index >= 15 is 0 Å². The Labute approximate surface area is 169 Å². The molecule has 1 amide bonds. The van der Waals surface area contributed by atoms with Crippen molar-refractivity contribution in [1.29, 1.82) is 0 Å². The summed E-state index contributed by atoms with van der Waals surface area (Å²) < 4.78 is 0. The summed E-state index contributed by atoms with van der Waals surface area (Å²) in [6.07, 6.45) is 3.80. The first-order valence-corrected chi connectivity index (χ1v) is 10.3. The number of rotatable bonds is 5. The second-order valence-corrected chi connectivity index (χ2v) is 7.65. The van der Waals surface area contributed by atoms with Crippen LogP contribution in [0.5, 0.6) is 0 Å². The van der Waals surface area contributed by atoms with Gasteiger partial charge in [-0.2, -0.15) is 0 Å². The van der Waals surface area contributed by atoms with Crippen molar-refractivity contribution >= 4 is 29.1 Å². The first-order valence-electron chi connectivity index (χ1n) is 9.46. The number of carbonyl (C=O) groups is 1. The average Bonchev–Trinajstić information content (AvgIpc) is 2.90. The molecule has 0 spiro atoms. The fraction of sp³-hybridized carbons (Fsp3) is 0.174. The zero-order chi connectivity index (χ0) is 19.3. The Bertz CT molecular complexity index is 1030. The molecule has 1 aliphatic heterocycles. The Morgan fingerprint density at radius 3 is 2.71 bits per heavy atom. The van der Waals surface area contributed by atoms with Gasteiger partial charge in [0, 0.05) is 33.7 Å². The summed E-state index contributed by atoms with van der Waals surface area (Å²) in [5.74, 6) is -0.0578. The molecule has 5 heteroatoms. The fourth-order valence-electron chi connectivity index (χ4n) is 3.06. The van der Waals surface area contributed by atoms with Crippen LogP contribution in [0.25, 0.3) is 0 Å². The molecule has 140 valence electrons. The molecule has 1 aliphatic rings. The lowest BCUT2D eigenvalue weighted by molar-refractivity contribution is 0.0953. The van der Waals surface area contributed by atoms with E-state index in [2.05, 4.69) is 29.4 Å². The summed E-state index contributed by atoms with van der Waals surface area (Å²) in [5.41, 5.74) is 4.12. The van der Waals surface area contributed by atoms with Crippen LogP contribution in [0.4, 0.5) is 5.69 Å². The van der Waals surface area contributed by atoms with Crippen molar-refractivity contribution in [3.63, 3.8) is 0 Å². The molecule has 2 aromatic carbocycles. The number of aromatic nitrogens is 1. The van der Waals surface area contributed by atoms with E-state index in [-0.39, 0.29) is 5.91 Å². The molecule has 0 saturated heterocycles. The number of nitrogens with one attached hydrogen (secondary N) is 1. The lowest BCUT2D eigenvalue weighted by Crippen LogP contribution is -2.24. The van der Waals surface area contributed by atoms with E-state index in [0.29, 0.717) is 12.1 Å².